The molecule has 0 aliphatic carbocycles. The van der Waals surface area contributed by atoms with Crippen LogP contribution in [-0.4, -0.2) is 7.05 Å². The molecule has 1 unspecified atom stereocenters. The second kappa shape index (κ2) is 6.92. The second-order valence-electron chi connectivity index (χ2n) is 5.05. The predicted molar refractivity (Wildman–Crippen MR) is 84.4 cm³/mol. The number of rotatable bonds is 5. The van der Waals surface area contributed by atoms with E-state index in [0.717, 1.165) is 16.9 Å². The van der Waals surface area contributed by atoms with Crippen LogP contribution in [0.5, 0.6) is 5.75 Å². The van der Waals surface area contributed by atoms with E-state index >= 15 is 0 Å². The summed E-state index contributed by atoms with van der Waals surface area (Å²) in [6.45, 7) is 4.24. The van der Waals surface area contributed by atoms with E-state index in [2.05, 4.69) is 18.3 Å². The van der Waals surface area contributed by atoms with Gasteiger partial charge in [-0.2, -0.15) is 0 Å². The molecule has 0 radical (unpaired) electrons. The summed E-state index contributed by atoms with van der Waals surface area (Å²) in [6.07, 6.45) is 0. The number of benzene rings is 2. The van der Waals surface area contributed by atoms with Gasteiger partial charge in [0.05, 0.1) is 5.02 Å². The average molecular weight is 308 g/mol. The third-order valence-corrected chi connectivity index (χ3v) is 3.77. The smallest absolute Gasteiger partial charge is 0.148 e. The van der Waals surface area contributed by atoms with E-state index in [9.17, 15) is 4.39 Å². The number of halogens is 2. The minimum Gasteiger partial charge on any atom is -0.488 e. The fourth-order valence-corrected chi connectivity index (χ4v) is 2.30. The summed E-state index contributed by atoms with van der Waals surface area (Å²) in [6, 6.07) is 11.1. The zero-order chi connectivity index (χ0) is 15.4. The normalized spacial score (nSPS) is 12.2. The number of nitrogens with one attached hydrogen (secondary N) is 1. The van der Waals surface area contributed by atoms with Gasteiger partial charge >= 0.3 is 0 Å². The molecular weight excluding hydrogens is 289 g/mol. The van der Waals surface area contributed by atoms with Gasteiger partial charge in [0.1, 0.15) is 18.2 Å². The van der Waals surface area contributed by atoms with Crippen molar-refractivity contribution in [1.29, 1.82) is 0 Å². The maximum absolute atomic E-state index is 13.9. The molecule has 2 aromatic carbocycles. The first-order valence-corrected chi connectivity index (χ1v) is 7.24. The van der Waals surface area contributed by atoms with Crippen molar-refractivity contribution in [1.82, 2.24) is 5.32 Å². The Kier molecular flexibility index (Phi) is 5.21. The van der Waals surface area contributed by atoms with Crippen LogP contribution in [0.3, 0.4) is 0 Å². The molecule has 0 aromatic heterocycles. The van der Waals surface area contributed by atoms with Crippen molar-refractivity contribution < 1.29 is 9.13 Å². The first-order valence-electron chi connectivity index (χ1n) is 6.86. The Hall–Kier alpha value is -1.58. The number of aryl methyl sites for hydroxylation is 1. The van der Waals surface area contributed by atoms with E-state index < -0.39 is 5.82 Å². The second-order valence-corrected chi connectivity index (χ2v) is 5.46. The molecule has 1 atom stereocenters. The van der Waals surface area contributed by atoms with Gasteiger partial charge in [-0.15, -0.1) is 0 Å². The van der Waals surface area contributed by atoms with Crippen molar-refractivity contribution in [3.63, 3.8) is 0 Å². The summed E-state index contributed by atoms with van der Waals surface area (Å²) in [5.41, 5.74) is 2.67. The van der Waals surface area contributed by atoms with Crippen LogP contribution >= 0.6 is 11.6 Å². The zero-order valence-electron chi connectivity index (χ0n) is 12.4. The first-order chi connectivity index (χ1) is 10.0. The van der Waals surface area contributed by atoms with Crippen molar-refractivity contribution >= 4 is 11.6 Å². The topological polar surface area (TPSA) is 21.3 Å². The third kappa shape index (κ3) is 3.74. The number of hydrogen-bond acceptors (Lipinski definition) is 2. The number of hydrogen-bond donors (Lipinski definition) is 1. The van der Waals surface area contributed by atoms with Crippen LogP contribution in [0.15, 0.2) is 36.4 Å². The molecule has 21 heavy (non-hydrogen) atoms. The van der Waals surface area contributed by atoms with Gasteiger partial charge in [0.25, 0.3) is 0 Å². The van der Waals surface area contributed by atoms with E-state index in [1.54, 1.807) is 12.1 Å². The largest absolute Gasteiger partial charge is 0.488 e. The monoisotopic (exact) mass is 307 g/mol. The van der Waals surface area contributed by atoms with Crippen LogP contribution in [0, 0.1) is 12.7 Å². The Balaban J connectivity index is 2.22. The molecule has 0 spiro atoms. The lowest BCUT2D eigenvalue weighted by Gasteiger charge is -2.17. The lowest BCUT2D eigenvalue weighted by molar-refractivity contribution is 0.294. The average Bonchev–Trinajstić information content (AvgIpc) is 2.49. The highest BCUT2D eigenvalue weighted by Gasteiger charge is 2.12. The summed E-state index contributed by atoms with van der Waals surface area (Å²) in [4.78, 5) is 0. The molecule has 0 bridgehead atoms. The molecule has 1 N–H and O–H groups in total. The van der Waals surface area contributed by atoms with E-state index in [4.69, 9.17) is 16.3 Å². The zero-order valence-corrected chi connectivity index (χ0v) is 13.2. The van der Waals surface area contributed by atoms with E-state index in [1.807, 2.05) is 26.1 Å². The van der Waals surface area contributed by atoms with E-state index in [1.165, 1.54) is 6.07 Å². The van der Waals surface area contributed by atoms with Crippen LogP contribution in [0.4, 0.5) is 4.39 Å². The highest BCUT2D eigenvalue weighted by molar-refractivity contribution is 6.30. The minimum absolute atomic E-state index is 0.115. The molecule has 112 valence electrons. The molecule has 2 rings (SSSR count). The number of ether oxygens (including phenoxy) is 1. The Morgan fingerprint density at radius 1 is 1.29 bits per heavy atom. The molecule has 0 saturated carbocycles. The maximum atomic E-state index is 13.9. The highest BCUT2D eigenvalue weighted by Crippen LogP contribution is 2.27. The summed E-state index contributed by atoms with van der Waals surface area (Å²) in [5, 5.41) is 3.31. The van der Waals surface area contributed by atoms with E-state index in [-0.39, 0.29) is 17.7 Å². The Morgan fingerprint density at radius 2 is 2.05 bits per heavy atom. The van der Waals surface area contributed by atoms with Gasteiger partial charge in [-0.25, -0.2) is 4.39 Å². The Morgan fingerprint density at radius 3 is 2.76 bits per heavy atom. The van der Waals surface area contributed by atoms with Crippen LogP contribution in [-0.2, 0) is 6.61 Å². The van der Waals surface area contributed by atoms with Crippen molar-refractivity contribution in [2.75, 3.05) is 7.05 Å². The van der Waals surface area contributed by atoms with Gasteiger partial charge in [0, 0.05) is 17.2 Å². The van der Waals surface area contributed by atoms with Crippen molar-refractivity contribution in [3.8, 4) is 5.75 Å². The fraction of sp³-hybridized carbons (Fsp3) is 0.294. The maximum Gasteiger partial charge on any atom is 0.148 e. The molecular formula is C17H19ClFNO. The molecule has 0 amide bonds. The molecule has 0 heterocycles. The van der Waals surface area contributed by atoms with Crippen LogP contribution in [0.25, 0.3) is 0 Å². The standard InChI is InChI=1S/C17H19ClFNO/c1-11-7-8-16(14(9-11)12(2)20-3)21-10-13-5-4-6-15(18)17(13)19/h4-9,12,20H,10H2,1-3H3. The van der Waals surface area contributed by atoms with Gasteiger partial charge in [0.15, 0.2) is 0 Å². The van der Waals surface area contributed by atoms with Crippen molar-refractivity contribution in [3.05, 3.63) is 63.9 Å². The lowest BCUT2D eigenvalue weighted by atomic mass is 10.0. The van der Waals surface area contributed by atoms with Crippen LogP contribution in [0.2, 0.25) is 5.02 Å². The summed E-state index contributed by atoms with van der Waals surface area (Å²) < 4.78 is 19.7. The predicted octanol–water partition coefficient (Wildman–Crippen LogP) is 4.65. The van der Waals surface area contributed by atoms with Crippen LogP contribution in [0.1, 0.15) is 29.7 Å². The summed E-state index contributed by atoms with van der Waals surface area (Å²) in [7, 11) is 1.90. The molecule has 0 saturated heterocycles. The minimum atomic E-state index is -0.422. The molecule has 0 aliphatic heterocycles. The Bertz CT molecular complexity index is 630. The molecule has 0 fully saturated rings. The fourth-order valence-electron chi connectivity index (χ4n) is 2.11. The van der Waals surface area contributed by atoms with Crippen LogP contribution < -0.4 is 10.1 Å². The first kappa shape index (κ1) is 15.8. The van der Waals surface area contributed by atoms with Gasteiger partial charge in [-0.05, 0) is 33.0 Å². The molecule has 2 nitrogen and oxygen atoms in total. The lowest BCUT2D eigenvalue weighted by Crippen LogP contribution is -2.14. The van der Waals surface area contributed by atoms with Crippen molar-refractivity contribution in [2.45, 2.75) is 26.5 Å². The van der Waals surface area contributed by atoms with Gasteiger partial charge in [-0.3, -0.25) is 0 Å². The van der Waals surface area contributed by atoms with E-state index in [0.29, 0.717) is 5.56 Å². The summed E-state index contributed by atoms with van der Waals surface area (Å²) >= 11 is 5.78. The molecule has 0 aliphatic rings. The third-order valence-electron chi connectivity index (χ3n) is 3.48. The molecule has 4 heteroatoms. The summed E-state index contributed by atoms with van der Waals surface area (Å²) in [5.74, 6) is 0.330. The SMILES string of the molecule is CNC(C)c1cc(C)ccc1OCc1cccc(Cl)c1F. The van der Waals surface area contributed by atoms with Crippen molar-refractivity contribution in [2.24, 2.45) is 0 Å². The van der Waals surface area contributed by atoms with Gasteiger partial charge in [0.2, 0.25) is 0 Å². The van der Waals surface area contributed by atoms with Gasteiger partial charge < -0.3 is 10.1 Å². The van der Waals surface area contributed by atoms with Gasteiger partial charge in [-0.1, -0.05) is 41.4 Å². The highest BCUT2D eigenvalue weighted by atomic mass is 35.5. The quantitative estimate of drug-likeness (QED) is 0.868. The molecule has 2 aromatic rings. The Labute approximate surface area is 129 Å².